The molecule has 1 fully saturated rings. The highest BCUT2D eigenvalue weighted by Crippen LogP contribution is 2.29. The minimum absolute atomic E-state index is 0.0981. The van der Waals surface area contributed by atoms with Gasteiger partial charge in [-0.3, -0.25) is 9.79 Å². The fourth-order valence-electron chi connectivity index (χ4n) is 1.95. The van der Waals surface area contributed by atoms with Crippen molar-refractivity contribution in [3.63, 3.8) is 0 Å². The topological polar surface area (TPSA) is 73.9 Å². The van der Waals surface area contributed by atoms with Gasteiger partial charge in [-0.25, -0.2) is 0 Å². The molecule has 2 N–H and O–H groups in total. The zero-order valence-corrected chi connectivity index (χ0v) is 14.5. The second-order valence-corrected chi connectivity index (χ2v) is 6.21. The second kappa shape index (κ2) is 8.50. The maximum atomic E-state index is 12.0. The number of rotatable bonds is 8. The number of hydrogen-bond donors (Lipinski definition) is 2. The van der Waals surface area contributed by atoms with E-state index in [-0.39, 0.29) is 12.0 Å². The lowest BCUT2D eigenvalue weighted by atomic mass is 10.0. The van der Waals surface area contributed by atoms with E-state index < -0.39 is 5.54 Å². The monoisotopic (exact) mass is 322 g/mol. The van der Waals surface area contributed by atoms with Crippen LogP contribution in [0, 0.1) is 5.92 Å². The summed E-state index contributed by atoms with van der Waals surface area (Å²) in [6, 6.07) is 0. The third-order valence-electron chi connectivity index (χ3n) is 3.72. The number of aliphatic hydroxyl groups excluding tert-OH is 1. The molecule has 6 heteroatoms. The highest BCUT2D eigenvalue weighted by Gasteiger charge is 2.33. The SMILES string of the molecule is C=C([N+](C)=C(O)OC)C(C)(C)NC(=O)CCC=NC=CC1CC1. The van der Waals surface area contributed by atoms with Crippen molar-refractivity contribution in [1.29, 1.82) is 0 Å². The van der Waals surface area contributed by atoms with Gasteiger partial charge in [0.1, 0.15) is 12.6 Å². The molecule has 0 saturated heterocycles. The van der Waals surface area contributed by atoms with Gasteiger partial charge in [-0.15, -0.1) is 4.58 Å². The first-order chi connectivity index (χ1) is 10.8. The van der Waals surface area contributed by atoms with Gasteiger partial charge in [0.25, 0.3) is 0 Å². The van der Waals surface area contributed by atoms with Crippen molar-refractivity contribution in [1.82, 2.24) is 5.32 Å². The first-order valence-electron chi connectivity index (χ1n) is 7.80. The first kappa shape index (κ1) is 18.9. The Hall–Kier alpha value is -2.11. The summed E-state index contributed by atoms with van der Waals surface area (Å²) in [4.78, 5) is 16.2. The maximum Gasteiger partial charge on any atom is 0.552 e. The van der Waals surface area contributed by atoms with Crippen LogP contribution in [0.1, 0.15) is 39.5 Å². The molecule has 0 atom stereocenters. The summed E-state index contributed by atoms with van der Waals surface area (Å²) in [5, 5.41) is 12.5. The normalized spacial score (nSPS) is 16.5. The number of aliphatic imine (C=N–C) groups is 1. The molecule has 1 aliphatic rings. The van der Waals surface area contributed by atoms with Gasteiger partial charge in [-0.05, 0) is 45.6 Å². The third kappa shape index (κ3) is 6.67. The number of allylic oxidation sites excluding steroid dienone is 1. The first-order valence-corrected chi connectivity index (χ1v) is 7.80. The molecule has 6 nitrogen and oxygen atoms in total. The number of carbonyl (C=O) groups excluding carboxylic acids is 1. The van der Waals surface area contributed by atoms with Gasteiger partial charge in [0.15, 0.2) is 0 Å². The number of amides is 1. The Morgan fingerprint density at radius 2 is 2.17 bits per heavy atom. The number of nitrogens with one attached hydrogen (secondary N) is 1. The van der Waals surface area contributed by atoms with E-state index in [2.05, 4.69) is 23.0 Å². The van der Waals surface area contributed by atoms with Crippen molar-refractivity contribution in [2.45, 2.75) is 45.1 Å². The summed E-state index contributed by atoms with van der Waals surface area (Å²) in [7, 11) is 2.98. The van der Waals surface area contributed by atoms with Crippen LogP contribution in [0.5, 0.6) is 0 Å². The van der Waals surface area contributed by atoms with Crippen LogP contribution < -0.4 is 5.32 Å². The van der Waals surface area contributed by atoms with Crippen LogP contribution in [0.25, 0.3) is 0 Å². The molecule has 0 aromatic carbocycles. The zero-order valence-electron chi connectivity index (χ0n) is 14.5. The van der Waals surface area contributed by atoms with Crippen LogP contribution in [-0.4, -0.2) is 47.6 Å². The summed E-state index contributed by atoms with van der Waals surface area (Å²) in [6.45, 7) is 7.54. The number of aliphatic hydroxyl groups is 1. The van der Waals surface area contributed by atoms with Gasteiger partial charge in [-0.1, -0.05) is 6.08 Å². The summed E-state index contributed by atoms with van der Waals surface area (Å²) in [5.41, 5.74) is -0.187. The molecule has 0 spiro atoms. The molecule has 1 saturated carbocycles. The Balaban J connectivity index is 2.42. The zero-order chi connectivity index (χ0) is 17.5. The lowest BCUT2D eigenvalue weighted by Gasteiger charge is -2.24. The maximum absolute atomic E-state index is 12.0. The highest BCUT2D eigenvalue weighted by molar-refractivity contribution is 5.79. The van der Waals surface area contributed by atoms with Crippen LogP contribution in [-0.2, 0) is 9.53 Å². The number of methoxy groups -OCH3 is 1. The molecule has 0 aromatic rings. The summed E-state index contributed by atoms with van der Waals surface area (Å²) < 4.78 is 6.15. The molecule has 1 aliphatic carbocycles. The average molecular weight is 322 g/mol. The minimum atomic E-state index is -0.707. The van der Waals surface area contributed by atoms with Crippen LogP contribution in [0.15, 0.2) is 29.5 Å². The Morgan fingerprint density at radius 3 is 2.74 bits per heavy atom. The number of carbonyl (C=O) groups is 1. The largest absolute Gasteiger partial charge is 0.552 e. The van der Waals surface area contributed by atoms with Gasteiger partial charge in [0.05, 0.1) is 7.11 Å². The summed E-state index contributed by atoms with van der Waals surface area (Å²) in [5.74, 6) is 0.610. The number of ether oxygens (including phenoxy) is 1. The van der Waals surface area contributed by atoms with Crippen molar-refractivity contribution in [2.24, 2.45) is 10.9 Å². The van der Waals surface area contributed by atoms with Crippen LogP contribution in [0.4, 0.5) is 0 Å². The van der Waals surface area contributed by atoms with Gasteiger partial charge >= 0.3 is 6.08 Å². The van der Waals surface area contributed by atoms with Crippen molar-refractivity contribution >= 4 is 18.2 Å². The lowest BCUT2D eigenvalue weighted by Crippen LogP contribution is -2.47. The fourth-order valence-corrected chi connectivity index (χ4v) is 1.95. The molecular formula is C17H28N3O3+. The van der Waals surface area contributed by atoms with Crippen molar-refractivity contribution in [3.05, 3.63) is 24.6 Å². The van der Waals surface area contributed by atoms with E-state index in [0.29, 0.717) is 24.5 Å². The molecule has 23 heavy (non-hydrogen) atoms. The molecule has 0 aliphatic heterocycles. The smallest absolute Gasteiger partial charge is 0.430 e. The van der Waals surface area contributed by atoms with Crippen molar-refractivity contribution < 1.29 is 19.2 Å². The van der Waals surface area contributed by atoms with Crippen LogP contribution in [0.2, 0.25) is 0 Å². The van der Waals surface area contributed by atoms with Crippen LogP contribution >= 0.6 is 0 Å². The van der Waals surface area contributed by atoms with E-state index in [1.54, 1.807) is 19.5 Å². The molecule has 128 valence electrons. The van der Waals surface area contributed by atoms with Gasteiger partial charge in [0, 0.05) is 18.8 Å². The molecule has 0 heterocycles. The molecular weight excluding hydrogens is 294 g/mol. The molecule has 1 amide bonds. The summed E-state index contributed by atoms with van der Waals surface area (Å²) >= 11 is 0. The predicted octanol–water partition coefficient (Wildman–Crippen LogP) is 2.37. The fraction of sp³-hybridized carbons (Fsp3) is 0.588. The molecule has 0 unspecified atom stereocenters. The van der Waals surface area contributed by atoms with E-state index in [1.807, 2.05) is 13.8 Å². The van der Waals surface area contributed by atoms with Crippen molar-refractivity contribution in [3.8, 4) is 0 Å². The Bertz CT molecular complexity index is 529. The number of nitrogens with zero attached hydrogens (tertiary/aromatic N) is 2. The number of likely N-dealkylation sites (N-methyl/N-ethyl adjacent to an activating group) is 1. The molecule has 1 rings (SSSR count). The highest BCUT2D eigenvalue weighted by atomic mass is 16.6. The van der Waals surface area contributed by atoms with E-state index >= 15 is 0 Å². The van der Waals surface area contributed by atoms with E-state index in [4.69, 9.17) is 4.74 Å². The lowest BCUT2D eigenvalue weighted by molar-refractivity contribution is -0.472. The van der Waals surface area contributed by atoms with E-state index in [9.17, 15) is 9.90 Å². The Morgan fingerprint density at radius 1 is 1.52 bits per heavy atom. The van der Waals surface area contributed by atoms with E-state index in [1.165, 1.54) is 24.5 Å². The average Bonchev–Trinajstić information content (AvgIpc) is 3.32. The predicted molar refractivity (Wildman–Crippen MR) is 91.8 cm³/mol. The second-order valence-electron chi connectivity index (χ2n) is 6.21. The molecule has 0 aromatic heterocycles. The summed E-state index contributed by atoms with van der Waals surface area (Å²) in [6.07, 6.45) is 8.83. The third-order valence-corrected chi connectivity index (χ3v) is 3.72. The quantitative estimate of drug-likeness (QED) is 0.409. The molecule has 0 radical (unpaired) electrons. The van der Waals surface area contributed by atoms with Crippen molar-refractivity contribution in [2.75, 3.05) is 14.2 Å². The van der Waals surface area contributed by atoms with Gasteiger partial charge in [0.2, 0.25) is 11.6 Å². The standard InChI is InChI=1S/C17H27N3O3/c1-13(20(4)16(22)23-5)17(2,3)19-15(21)7-6-11-18-12-10-14-8-9-14/h10-12,14H,1,6-9H2,2-5H3,(H,19,21)/p+1. The number of hydrogen-bond acceptors (Lipinski definition) is 3. The Labute approximate surface area is 138 Å². The Kier molecular flexibility index (Phi) is 7.00. The molecule has 0 bridgehead atoms. The van der Waals surface area contributed by atoms with E-state index in [0.717, 1.165) is 0 Å². The van der Waals surface area contributed by atoms with Crippen LogP contribution in [0.3, 0.4) is 0 Å². The minimum Gasteiger partial charge on any atom is -0.430 e. The van der Waals surface area contributed by atoms with Gasteiger partial charge in [-0.2, -0.15) is 0 Å². The van der Waals surface area contributed by atoms with Gasteiger partial charge < -0.3 is 15.2 Å².